The van der Waals surface area contributed by atoms with E-state index in [1.165, 1.54) is 6.20 Å². The fourth-order valence-corrected chi connectivity index (χ4v) is 4.93. The zero-order valence-corrected chi connectivity index (χ0v) is 21.3. The van der Waals surface area contributed by atoms with E-state index in [1.807, 2.05) is 67.4 Å². The van der Waals surface area contributed by atoms with Gasteiger partial charge in [0.2, 0.25) is 5.78 Å². The highest BCUT2D eigenvalue weighted by molar-refractivity contribution is 9.10. The first-order chi connectivity index (χ1) is 18.0. The van der Waals surface area contributed by atoms with Gasteiger partial charge in [0, 0.05) is 41.0 Å². The van der Waals surface area contributed by atoms with Crippen LogP contribution in [0.25, 0.3) is 39.5 Å². The number of furan rings is 1. The van der Waals surface area contributed by atoms with Crippen LogP contribution in [0, 0.1) is 0 Å². The summed E-state index contributed by atoms with van der Waals surface area (Å²) in [6.07, 6.45) is 2.01. The second-order valence-corrected chi connectivity index (χ2v) is 9.12. The Morgan fingerprint density at radius 2 is 2.00 bits per heavy atom. The maximum atomic E-state index is 11.9. The molecule has 11 nitrogen and oxygen atoms in total. The molecule has 6 aromatic rings. The summed E-state index contributed by atoms with van der Waals surface area (Å²) < 4.78 is 8.58. The van der Waals surface area contributed by atoms with Crippen molar-refractivity contribution < 1.29 is 14.3 Å². The van der Waals surface area contributed by atoms with Gasteiger partial charge in [0.25, 0.3) is 0 Å². The number of nitrogens with one attached hydrogen (secondary N) is 1. The standard InChI is InChI=1S/C25H19BrN8O3/c1-3-13-10-20(34-18(24(35)36)12-27-25(34)28-13)33(2)14-8-9-19-17(11-14)21(26)22(37-19)15-6-4-5-7-16(15)23-29-31-32-30-23/h4-12H,3H2,1-2H3,(H,35,36)(H,29,30,31,32). The monoisotopic (exact) mass is 558 g/mol. The number of aryl methyl sites for hydroxylation is 1. The van der Waals surface area contributed by atoms with Crippen LogP contribution in [-0.4, -0.2) is 53.1 Å². The van der Waals surface area contributed by atoms with Gasteiger partial charge in [0.15, 0.2) is 11.5 Å². The minimum Gasteiger partial charge on any atom is -0.477 e. The molecular formula is C25H19BrN8O3. The number of anilines is 2. The van der Waals surface area contributed by atoms with Gasteiger partial charge in [-0.05, 0) is 51.0 Å². The summed E-state index contributed by atoms with van der Waals surface area (Å²) in [5, 5.41) is 24.8. The first-order valence-electron chi connectivity index (χ1n) is 11.4. The molecule has 0 fully saturated rings. The molecule has 0 aliphatic rings. The molecule has 0 saturated heterocycles. The number of aromatic carboxylic acids is 1. The van der Waals surface area contributed by atoms with Crippen LogP contribution in [-0.2, 0) is 6.42 Å². The largest absolute Gasteiger partial charge is 0.477 e. The maximum Gasteiger partial charge on any atom is 0.354 e. The summed E-state index contributed by atoms with van der Waals surface area (Å²) in [5.41, 5.74) is 3.99. The van der Waals surface area contributed by atoms with E-state index >= 15 is 0 Å². The van der Waals surface area contributed by atoms with Crippen molar-refractivity contribution in [2.45, 2.75) is 13.3 Å². The highest BCUT2D eigenvalue weighted by Crippen LogP contribution is 2.42. The molecule has 2 N–H and O–H groups in total. The van der Waals surface area contributed by atoms with Crippen LogP contribution in [0.1, 0.15) is 23.1 Å². The number of benzene rings is 2. The first-order valence-corrected chi connectivity index (χ1v) is 12.2. The minimum absolute atomic E-state index is 0.0402. The normalized spacial score (nSPS) is 11.4. The molecule has 2 aromatic carbocycles. The van der Waals surface area contributed by atoms with Crippen LogP contribution in [0.2, 0.25) is 0 Å². The fraction of sp³-hybridized carbons (Fsp3) is 0.120. The zero-order chi connectivity index (χ0) is 25.7. The molecule has 6 rings (SSSR count). The smallest absolute Gasteiger partial charge is 0.354 e. The molecule has 0 spiro atoms. The zero-order valence-electron chi connectivity index (χ0n) is 19.7. The van der Waals surface area contributed by atoms with Crippen LogP contribution in [0.5, 0.6) is 0 Å². The number of carbonyl (C=O) groups is 1. The van der Waals surface area contributed by atoms with Gasteiger partial charge in [0.05, 0.1) is 10.7 Å². The van der Waals surface area contributed by atoms with Crippen molar-refractivity contribution in [3.8, 4) is 22.7 Å². The predicted molar refractivity (Wildman–Crippen MR) is 140 cm³/mol. The molecule has 4 aromatic heterocycles. The summed E-state index contributed by atoms with van der Waals surface area (Å²) in [7, 11) is 1.88. The third-order valence-corrected chi connectivity index (χ3v) is 6.99. The van der Waals surface area contributed by atoms with Gasteiger partial charge in [-0.1, -0.05) is 31.2 Å². The van der Waals surface area contributed by atoms with E-state index in [1.54, 1.807) is 4.40 Å². The van der Waals surface area contributed by atoms with Crippen LogP contribution in [0.3, 0.4) is 0 Å². The molecule has 0 bridgehead atoms. The van der Waals surface area contributed by atoms with Crippen molar-refractivity contribution in [1.82, 2.24) is 35.0 Å². The van der Waals surface area contributed by atoms with E-state index in [2.05, 4.69) is 46.5 Å². The van der Waals surface area contributed by atoms with Crippen molar-refractivity contribution in [1.29, 1.82) is 0 Å². The highest BCUT2D eigenvalue weighted by Gasteiger charge is 2.22. The van der Waals surface area contributed by atoms with E-state index in [0.29, 0.717) is 35.2 Å². The Morgan fingerprint density at radius 3 is 2.73 bits per heavy atom. The Kier molecular flexibility index (Phi) is 5.45. The number of tetrazole rings is 1. The fourth-order valence-electron chi connectivity index (χ4n) is 4.33. The number of fused-ring (bicyclic) bond motifs is 2. The lowest BCUT2D eigenvalue weighted by atomic mass is 10.0. The molecule has 0 aliphatic heterocycles. The number of nitrogens with zero attached hydrogens (tertiary/aromatic N) is 7. The van der Waals surface area contributed by atoms with Gasteiger partial charge < -0.3 is 14.4 Å². The number of hydrogen-bond acceptors (Lipinski definition) is 8. The molecule has 4 heterocycles. The van der Waals surface area contributed by atoms with E-state index in [-0.39, 0.29) is 5.69 Å². The molecule has 37 heavy (non-hydrogen) atoms. The van der Waals surface area contributed by atoms with Crippen LogP contribution < -0.4 is 4.90 Å². The Bertz CT molecular complexity index is 1790. The summed E-state index contributed by atoms with van der Waals surface area (Å²) in [4.78, 5) is 22.5. The second-order valence-electron chi connectivity index (χ2n) is 8.32. The summed E-state index contributed by atoms with van der Waals surface area (Å²) in [6.45, 7) is 1.99. The molecule has 0 unspecified atom stereocenters. The third-order valence-electron chi connectivity index (χ3n) is 6.21. The average Bonchev–Trinajstić information content (AvgIpc) is 3.67. The summed E-state index contributed by atoms with van der Waals surface area (Å²) in [5.74, 6) is 1.08. The van der Waals surface area contributed by atoms with Gasteiger partial charge in [-0.2, -0.15) is 0 Å². The molecule has 184 valence electrons. The van der Waals surface area contributed by atoms with E-state index in [9.17, 15) is 9.90 Å². The number of imidazole rings is 1. The third kappa shape index (κ3) is 3.73. The Hall–Kier alpha value is -4.58. The predicted octanol–water partition coefficient (Wildman–Crippen LogP) is 5.11. The lowest BCUT2D eigenvalue weighted by molar-refractivity contribution is 0.0689. The first kappa shape index (κ1) is 22.9. The van der Waals surface area contributed by atoms with Crippen LogP contribution in [0.4, 0.5) is 11.5 Å². The lowest BCUT2D eigenvalue weighted by Crippen LogP contribution is -2.17. The van der Waals surface area contributed by atoms with Crippen molar-refractivity contribution in [3.63, 3.8) is 0 Å². The summed E-state index contributed by atoms with van der Waals surface area (Å²) in [6, 6.07) is 15.4. The number of halogens is 1. The SMILES string of the molecule is CCc1cc(N(C)c2ccc3oc(-c4ccccc4-c4nnn[nH]4)c(Br)c3c2)n2c(C(=O)O)cnc2n1. The number of aromatic amines is 1. The van der Waals surface area contributed by atoms with E-state index in [4.69, 9.17) is 4.42 Å². The number of H-pyrrole nitrogens is 1. The minimum atomic E-state index is -1.08. The molecule has 0 amide bonds. The van der Waals surface area contributed by atoms with Gasteiger partial charge in [-0.15, -0.1) is 5.10 Å². The molecule has 0 radical (unpaired) electrons. The molecule has 0 saturated carbocycles. The number of carboxylic acid groups (broad SMARTS) is 1. The lowest BCUT2D eigenvalue weighted by Gasteiger charge is -2.22. The Labute approximate surface area is 217 Å². The Balaban J connectivity index is 1.49. The number of rotatable bonds is 6. The number of aromatic nitrogens is 7. The van der Waals surface area contributed by atoms with Crippen molar-refractivity contribution in [3.05, 3.63) is 70.6 Å². The van der Waals surface area contributed by atoms with Crippen molar-refractivity contribution in [2.75, 3.05) is 11.9 Å². The molecule has 12 heteroatoms. The van der Waals surface area contributed by atoms with Gasteiger partial charge in [-0.25, -0.2) is 19.9 Å². The van der Waals surface area contributed by atoms with Crippen LogP contribution >= 0.6 is 15.9 Å². The number of carboxylic acids is 1. The van der Waals surface area contributed by atoms with Gasteiger partial charge in [0.1, 0.15) is 17.2 Å². The van der Waals surface area contributed by atoms with Crippen molar-refractivity contribution in [2.24, 2.45) is 0 Å². The molecular weight excluding hydrogens is 540 g/mol. The Morgan fingerprint density at radius 1 is 1.19 bits per heavy atom. The maximum absolute atomic E-state index is 11.9. The van der Waals surface area contributed by atoms with E-state index in [0.717, 1.165) is 32.4 Å². The van der Waals surface area contributed by atoms with Gasteiger partial charge in [-0.3, -0.25) is 4.40 Å². The quantitative estimate of drug-likeness (QED) is 0.285. The van der Waals surface area contributed by atoms with Crippen LogP contribution in [0.15, 0.2) is 63.6 Å². The van der Waals surface area contributed by atoms with Gasteiger partial charge >= 0.3 is 5.97 Å². The molecule has 0 atom stereocenters. The van der Waals surface area contributed by atoms with E-state index < -0.39 is 5.97 Å². The second kappa shape index (κ2) is 8.82. The summed E-state index contributed by atoms with van der Waals surface area (Å²) >= 11 is 3.74. The molecule has 0 aliphatic carbocycles. The topological polar surface area (TPSA) is 138 Å². The average molecular weight is 559 g/mol. The van der Waals surface area contributed by atoms with Crippen molar-refractivity contribution >= 4 is 50.2 Å². The highest BCUT2D eigenvalue weighted by atomic mass is 79.9. The number of hydrogen-bond donors (Lipinski definition) is 2.